The molecule has 2 rings (SSSR count). The smallest absolute Gasteiger partial charge is 0.256 e. The fourth-order valence-corrected chi connectivity index (χ4v) is 2.10. The average molecular weight is 221 g/mol. The summed E-state index contributed by atoms with van der Waals surface area (Å²) in [5.74, 6) is -0.205. The van der Waals surface area contributed by atoms with Crippen LogP contribution in [0.5, 0.6) is 0 Å². The summed E-state index contributed by atoms with van der Waals surface area (Å²) in [5.41, 5.74) is 1.15. The van der Waals surface area contributed by atoms with Gasteiger partial charge in [0.15, 0.2) is 6.23 Å². The fraction of sp³-hybridized carbons (Fsp3) is 0.417. The van der Waals surface area contributed by atoms with E-state index in [0.717, 1.165) is 0 Å². The van der Waals surface area contributed by atoms with Gasteiger partial charge in [-0.2, -0.15) is 0 Å². The van der Waals surface area contributed by atoms with Crippen LogP contribution in [0.2, 0.25) is 0 Å². The SMILES string of the molecule is CC[C@@H](CO)N1C(=O)c2ccccc2[C@H]1O. The highest BCUT2D eigenvalue weighted by atomic mass is 16.3. The molecule has 1 heterocycles. The molecule has 1 aromatic carbocycles. The molecular weight excluding hydrogens is 206 g/mol. The van der Waals surface area contributed by atoms with Gasteiger partial charge in [0.2, 0.25) is 0 Å². The molecule has 0 aliphatic carbocycles. The van der Waals surface area contributed by atoms with Crippen LogP contribution in [0.1, 0.15) is 35.5 Å². The highest BCUT2D eigenvalue weighted by Crippen LogP contribution is 2.33. The van der Waals surface area contributed by atoms with Crippen LogP contribution in [0, 0.1) is 0 Å². The summed E-state index contributed by atoms with van der Waals surface area (Å²) >= 11 is 0. The summed E-state index contributed by atoms with van der Waals surface area (Å²) in [7, 11) is 0. The molecule has 1 aliphatic heterocycles. The first-order chi connectivity index (χ1) is 7.70. The van der Waals surface area contributed by atoms with Crippen molar-refractivity contribution in [2.45, 2.75) is 25.6 Å². The van der Waals surface area contributed by atoms with E-state index in [4.69, 9.17) is 0 Å². The van der Waals surface area contributed by atoms with Gasteiger partial charge in [-0.25, -0.2) is 0 Å². The van der Waals surface area contributed by atoms with Gasteiger partial charge in [-0.1, -0.05) is 25.1 Å². The average Bonchev–Trinajstić information content (AvgIpc) is 2.57. The summed E-state index contributed by atoms with van der Waals surface area (Å²) in [6, 6.07) is 6.67. The first-order valence-electron chi connectivity index (χ1n) is 5.41. The van der Waals surface area contributed by atoms with Crippen molar-refractivity contribution in [1.82, 2.24) is 4.90 Å². The molecule has 2 N–H and O–H groups in total. The summed E-state index contributed by atoms with van der Waals surface area (Å²) < 4.78 is 0. The number of aliphatic hydroxyl groups excluding tert-OH is 2. The van der Waals surface area contributed by atoms with Crippen LogP contribution in [0.4, 0.5) is 0 Å². The highest BCUT2D eigenvalue weighted by Gasteiger charge is 2.38. The summed E-state index contributed by atoms with van der Waals surface area (Å²) in [6.07, 6.45) is -0.311. The maximum atomic E-state index is 12.0. The van der Waals surface area contributed by atoms with Crippen LogP contribution in [-0.4, -0.2) is 33.7 Å². The molecule has 0 bridgehead atoms. The lowest BCUT2D eigenvalue weighted by atomic mass is 10.1. The zero-order valence-electron chi connectivity index (χ0n) is 9.13. The van der Waals surface area contributed by atoms with Gasteiger partial charge >= 0.3 is 0 Å². The minimum atomic E-state index is -0.930. The Bertz CT molecular complexity index is 401. The molecule has 0 aromatic heterocycles. The molecule has 1 aliphatic rings. The summed E-state index contributed by atoms with van der Waals surface area (Å²) in [6.45, 7) is 1.75. The van der Waals surface area contributed by atoms with E-state index in [1.54, 1.807) is 24.3 Å². The third kappa shape index (κ3) is 1.50. The van der Waals surface area contributed by atoms with Crippen molar-refractivity contribution in [3.8, 4) is 0 Å². The van der Waals surface area contributed by atoms with Crippen molar-refractivity contribution < 1.29 is 15.0 Å². The fourth-order valence-electron chi connectivity index (χ4n) is 2.10. The number of carbonyl (C=O) groups is 1. The largest absolute Gasteiger partial charge is 0.394 e. The topological polar surface area (TPSA) is 60.8 Å². The molecular formula is C12H15NO3. The highest BCUT2D eigenvalue weighted by molar-refractivity contribution is 5.99. The van der Waals surface area contributed by atoms with Crippen LogP contribution in [0.25, 0.3) is 0 Å². The van der Waals surface area contributed by atoms with Crippen LogP contribution >= 0.6 is 0 Å². The van der Waals surface area contributed by atoms with Crippen LogP contribution in [-0.2, 0) is 0 Å². The van der Waals surface area contributed by atoms with E-state index >= 15 is 0 Å². The van der Waals surface area contributed by atoms with E-state index in [1.165, 1.54) is 4.90 Å². The minimum absolute atomic E-state index is 0.132. The molecule has 1 aromatic rings. The Morgan fingerprint density at radius 2 is 2.12 bits per heavy atom. The number of benzene rings is 1. The van der Waals surface area contributed by atoms with Gasteiger partial charge in [0, 0.05) is 11.1 Å². The zero-order chi connectivity index (χ0) is 11.7. The molecule has 0 radical (unpaired) electrons. The second-order valence-electron chi connectivity index (χ2n) is 3.92. The van der Waals surface area contributed by atoms with Gasteiger partial charge < -0.3 is 15.1 Å². The molecule has 2 atom stereocenters. The first-order valence-corrected chi connectivity index (χ1v) is 5.41. The number of fused-ring (bicyclic) bond motifs is 1. The van der Waals surface area contributed by atoms with E-state index in [9.17, 15) is 15.0 Å². The van der Waals surface area contributed by atoms with Crippen molar-refractivity contribution in [1.29, 1.82) is 0 Å². The predicted octanol–water partition coefficient (Wildman–Crippen LogP) is 0.904. The standard InChI is InChI=1S/C12H15NO3/c1-2-8(7-14)13-11(15)9-5-3-4-6-10(9)12(13)16/h3-6,8,11,14-15H,2,7H2,1H3/t8-,11+/m0/s1. The number of hydrogen-bond acceptors (Lipinski definition) is 3. The molecule has 0 saturated heterocycles. The second kappa shape index (κ2) is 4.23. The first kappa shape index (κ1) is 11.1. The molecule has 0 spiro atoms. The Balaban J connectivity index is 2.38. The quantitative estimate of drug-likeness (QED) is 0.797. The third-order valence-electron chi connectivity index (χ3n) is 3.04. The van der Waals surface area contributed by atoms with Gasteiger partial charge in [0.1, 0.15) is 0 Å². The summed E-state index contributed by atoms with van der Waals surface area (Å²) in [4.78, 5) is 13.4. The Morgan fingerprint density at radius 3 is 2.69 bits per heavy atom. The predicted molar refractivity (Wildman–Crippen MR) is 58.7 cm³/mol. The van der Waals surface area contributed by atoms with Crippen molar-refractivity contribution in [3.63, 3.8) is 0 Å². The minimum Gasteiger partial charge on any atom is -0.394 e. The zero-order valence-corrected chi connectivity index (χ0v) is 9.13. The molecule has 4 nitrogen and oxygen atoms in total. The Kier molecular flexibility index (Phi) is 2.94. The number of nitrogens with zero attached hydrogens (tertiary/aromatic N) is 1. The molecule has 86 valence electrons. The second-order valence-corrected chi connectivity index (χ2v) is 3.92. The van der Waals surface area contributed by atoms with Crippen molar-refractivity contribution in [2.75, 3.05) is 6.61 Å². The van der Waals surface area contributed by atoms with E-state index in [0.29, 0.717) is 17.5 Å². The lowest BCUT2D eigenvalue weighted by molar-refractivity contribution is -0.0162. The summed E-state index contributed by atoms with van der Waals surface area (Å²) in [5, 5.41) is 19.2. The number of aliphatic hydroxyl groups is 2. The molecule has 1 amide bonds. The van der Waals surface area contributed by atoms with Gasteiger partial charge in [-0.05, 0) is 12.5 Å². The maximum absolute atomic E-state index is 12.0. The van der Waals surface area contributed by atoms with Gasteiger partial charge in [-0.3, -0.25) is 4.79 Å². The van der Waals surface area contributed by atoms with Crippen LogP contribution in [0.15, 0.2) is 24.3 Å². The molecule has 0 saturated carbocycles. The van der Waals surface area contributed by atoms with Crippen LogP contribution < -0.4 is 0 Å². The van der Waals surface area contributed by atoms with Crippen LogP contribution in [0.3, 0.4) is 0 Å². The Morgan fingerprint density at radius 1 is 1.44 bits per heavy atom. The number of rotatable bonds is 3. The van der Waals surface area contributed by atoms with Crippen molar-refractivity contribution in [3.05, 3.63) is 35.4 Å². The van der Waals surface area contributed by atoms with Gasteiger partial charge in [0.25, 0.3) is 5.91 Å². The molecule has 4 heteroatoms. The molecule has 0 fully saturated rings. The van der Waals surface area contributed by atoms with Crippen molar-refractivity contribution in [2.24, 2.45) is 0 Å². The van der Waals surface area contributed by atoms with E-state index < -0.39 is 6.23 Å². The normalized spacial score (nSPS) is 21.1. The number of amides is 1. The molecule has 0 unspecified atom stereocenters. The van der Waals surface area contributed by atoms with E-state index in [-0.39, 0.29) is 18.6 Å². The van der Waals surface area contributed by atoms with E-state index in [1.807, 2.05) is 6.92 Å². The Hall–Kier alpha value is -1.39. The molecule has 16 heavy (non-hydrogen) atoms. The van der Waals surface area contributed by atoms with Crippen molar-refractivity contribution >= 4 is 5.91 Å². The van der Waals surface area contributed by atoms with E-state index in [2.05, 4.69) is 0 Å². The lowest BCUT2D eigenvalue weighted by Crippen LogP contribution is -2.40. The maximum Gasteiger partial charge on any atom is 0.256 e. The number of carbonyl (C=O) groups excluding carboxylic acids is 1. The third-order valence-corrected chi connectivity index (χ3v) is 3.04. The lowest BCUT2D eigenvalue weighted by Gasteiger charge is -2.28. The van der Waals surface area contributed by atoms with Gasteiger partial charge in [0.05, 0.1) is 12.6 Å². The Labute approximate surface area is 94.1 Å². The number of hydrogen-bond donors (Lipinski definition) is 2. The van der Waals surface area contributed by atoms with Gasteiger partial charge in [-0.15, -0.1) is 0 Å². The monoisotopic (exact) mass is 221 g/mol.